The third-order valence-corrected chi connectivity index (χ3v) is 5.95. The van der Waals surface area contributed by atoms with Crippen molar-refractivity contribution in [2.24, 2.45) is 0 Å². The highest BCUT2D eigenvalue weighted by atomic mass is 16.5. The van der Waals surface area contributed by atoms with Crippen LogP contribution >= 0.6 is 0 Å². The number of ether oxygens (including phenoxy) is 2. The molecule has 0 aliphatic rings. The van der Waals surface area contributed by atoms with Gasteiger partial charge in [0.1, 0.15) is 30.5 Å². The highest BCUT2D eigenvalue weighted by Gasteiger charge is 2.23. The lowest BCUT2D eigenvalue weighted by Gasteiger charge is -2.26. The molecule has 0 atom stereocenters. The minimum absolute atomic E-state index is 0.185. The molecule has 0 aliphatic heterocycles. The molecule has 0 saturated carbocycles. The number of nitrogens with zero attached hydrogens (tertiary/aromatic N) is 1. The van der Waals surface area contributed by atoms with Gasteiger partial charge in [0.15, 0.2) is 0 Å². The van der Waals surface area contributed by atoms with Gasteiger partial charge in [0.05, 0.1) is 11.6 Å². The topological polar surface area (TPSA) is 62.5 Å². The van der Waals surface area contributed by atoms with E-state index in [2.05, 4.69) is 38.1 Å². The molecule has 0 spiro atoms. The molecular formula is C30H27NO3. The van der Waals surface area contributed by atoms with Crippen molar-refractivity contribution in [3.8, 4) is 23.3 Å². The predicted octanol–water partition coefficient (Wildman–Crippen LogP) is 6.75. The Morgan fingerprint density at radius 3 is 1.68 bits per heavy atom. The number of rotatable bonds is 8. The summed E-state index contributed by atoms with van der Waals surface area (Å²) in [5.41, 5.74) is 4.86. The lowest BCUT2D eigenvalue weighted by Crippen LogP contribution is -2.18. The normalized spacial score (nSPS) is 11.0. The first kappa shape index (κ1) is 22.9. The molecule has 4 heteroatoms. The van der Waals surface area contributed by atoms with Crippen LogP contribution in [0.3, 0.4) is 0 Å². The summed E-state index contributed by atoms with van der Waals surface area (Å²) in [6.07, 6.45) is 0. The summed E-state index contributed by atoms with van der Waals surface area (Å²) in [6.45, 7) is 5.24. The van der Waals surface area contributed by atoms with E-state index in [-0.39, 0.29) is 11.2 Å². The maximum atomic E-state index is 9.57. The lowest BCUT2D eigenvalue weighted by molar-refractivity contribution is 0.300. The van der Waals surface area contributed by atoms with Gasteiger partial charge in [0, 0.05) is 5.41 Å². The van der Waals surface area contributed by atoms with Crippen LogP contribution in [0.1, 0.15) is 41.7 Å². The van der Waals surface area contributed by atoms with Gasteiger partial charge in [0.25, 0.3) is 0 Å². The van der Waals surface area contributed by atoms with Crippen LogP contribution in [-0.4, -0.2) is 5.11 Å². The summed E-state index contributed by atoms with van der Waals surface area (Å²) in [5, 5.41) is 18.5. The van der Waals surface area contributed by atoms with Gasteiger partial charge in [-0.05, 0) is 76.9 Å². The van der Waals surface area contributed by atoms with Gasteiger partial charge in [-0.15, -0.1) is 0 Å². The number of hydrogen-bond acceptors (Lipinski definition) is 4. The minimum Gasteiger partial charge on any atom is -0.508 e. The fourth-order valence-electron chi connectivity index (χ4n) is 3.78. The monoisotopic (exact) mass is 449 g/mol. The number of phenols is 1. The lowest BCUT2D eigenvalue weighted by atomic mass is 9.78. The largest absolute Gasteiger partial charge is 0.508 e. The molecule has 1 N–H and O–H groups in total. The van der Waals surface area contributed by atoms with Crippen LogP contribution in [0.5, 0.6) is 17.2 Å². The number of nitriles is 1. The molecule has 0 aliphatic carbocycles. The summed E-state index contributed by atoms with van der Waals surface area (Å²) in [4.78, 5) is 0. The molecule has 170 valence electrons. The van der Waals surface area contributed by atoms with Crippen molar-refractivity contribution in [2.45, 2.75) is 32.5 Å². The Balaban J connectivity index is 1.35. The first-order valence-corrected chi connectivity index (χ1v) is 11.2. The number of hydrogen-bond donors (Lipinski definition) is 1. The Bertz CT molecular complexity index is 1270. The molecule has 4 aromatic rings. The van der Waals surface area contributed by atoms with Crippen molar-refractivity contribution in [1.29, 1.82) is 5.26 Å². The molecule has 0 fully saturated rings. The molecule has 0 unspecified atom stereocenters. The van der Waals surface area contributed by atoms with E-state index in [0.717, 1.165) is 28.2 Å². The standard InChI is InChI=1S/C30H27NO3/c1-30(2,25-8-12-27(32)13-9-25)26-10-16-29(17-11-26)34-21-24-5-3-4-23(18-24)20-33-28-14-6-22(19-31)7-15-28/h3-18,32H,20-21H2,1-2H3. The molecule has 4 nitrogen and oxygen atoms in total. The fraction of sp³-hybridized carbons (Fsp3) is 0.167. The van der Waals surface area contributed by atoms with Gasteiger partial charge in [-0.2, -0.15) is 5.26 Å². The quantitative estimate of drug-likeness (QED) is 0.323. The van der Waals surface area contributed by atoms with Gasteiger partial charge in [-0.1, -0.05) is 56.3 Å². The van der Waals surface area contributed by atoms with E-state index >= 15 is 0 Å². The Hall–Kier alpha value is -4.23. The zero-order chi connectivity index (χ0) is 24.0. The van der Waals surface area contributed by atoms with Crippen LogP contribution in [0, 0.1) is 11.3 Å². The first-order chi connectivity index (χ1) is 16.4. The maximum Gasteiger partial charge on any atom is 0.119 e. The van der Waals surface area contributed by atoms with Gasteiger partial charge >= 0.3 is 0 Å². The second kappa shape index (κ2) is 10.1. The highest BCUT2D eigenvalue weighted by molar-refractivity contribution is 5.41. The van der Waals surface area contributed by atoms with Crippen LogP contribution in [-0.2, 0) is 18.6 Å². The Morgan fingerprint density at radius 2 is 1.18 bits per heavy atom. The SMILES string of the molecule is CC(C)(c1ccc(O)cc1)c1ccc(OCc2cccc(COc3ccc(C#N)cc3)c2)cc1. The molecule has 0 bridgehead atoms. The van der Waals surface area contributed by atoms with Crippen molar-refractivity contribution in [1.82, 2.24) is 0 Å². The summed E-state index contributed by atoms with van der Waals surface area (Å²) in [7, 11) is 0. The molecule has 0 heterocycles. The van der Waals surface area contributed by atoms with Crippen molar-refractivity contribution in [3.05, 3.63) is 125 Å². The van der Waals surface area contributed by atoms with Crippen molar-refractivity contribution in [2.75, 3.05) is 0 Å². The van der Waals surface area contributed by atoms with Crippen molar-refractivity contribution >= 4 is 0 Å². The first-order valence-electron chi connectivity index (χ1n) is 11.2. The third-order valence-electron chi connectivity index (χ3n) is 5.95. The van der Waals surface area contributed by atoms with E-state index < -0.39 is 0 Å². The smallest absolute Gasteiger partial charge is 0.119 e. The molecule has 4 aromatic carbocycles. The van der Waals surface area contributed by atoms with E-state index in [4.69, 9.17) is 14.7 Å². The zero-order valence-electron chi connectivity index (χ0n) is 19.4. The Morgan fingerprint density at radius 1 is 0.706 bits per heavy atom. The highest BCUT2D eigenvalue weighted by Crippen LogP contribution is 2.33. The third kappa shape index (κ3) is 5.57. The molecule has 0 saturated heterocycles. The summed E-state index contributed by atoms with van der Waals surface area (Å²) in [5.74, 6) is 1.81. The second-order valence-electron chi connectivity index (χ2n) is 8.73. The molecule has 34 heavy (non-hydrogen) atoms. The summed E-state index contributed by atoms with van der Waals surface area (Å²) in [6, 6.07) is 32.9. The van der Waals surface area contributed by atoms with Crippen LogP contribution in [0.4, 0.5) is 0 Å². The predicted molar refractivity (Wildman–Crippen MR) is 133 cm³/mol. The Kier molecular flexibility index (Phi) is 6.85. The van der Waals surface area contributed by atoms with Gasteiger partial charge in [-0.25, -0.2) is 0 Å². The van der Waals surface area contributed by atoms with Crippen molar-refractivity contribution in [3.63, 3.8) is 0 Å². The maximum absolute atomic E-state index is 9.57. The van der Waals surface area contributed by atoms with E-state index in [1.807, 2.05) is 42.5 Å². The summed E-state index contributed by atoms with van der Waals surface area (Å²) >= 11 is 0. The fourth-order valence-corrected chi connectivity index (χ4v) is 3.78. The number of benzene rings is 4. The van der Waals surface area contributed by atoms with Crippen LogP contribution in [0.25, 0.3) is 0 Å². The van der Waals surface area contributed by atoms with E-state index in [0.29, 0.717) is 18.8 Å². The van der Waals surface area contributed by atoms with Crippen LogP contribution < -0.4 is 9.47 Å². The number of phenolic OH excluding ortho intramolecular Hbond substituents is 1. The van der Waals surface area contributed by atoms with Crippen molar-refractivity contribution < 1.29 is 14.6 Å². The summed E-state index contributed by atoms with van der Waals surface area (Å²) < 4.78 is 11.9. The average Bonchev–Trinajstić information content (AvgIpc) is 2.87. The van der Waals surface area contributed by atoms with E-state index in [9.17, 15) is 5.11 Å². The van der Waals surface area contributed by atoms with E-state index in [1.165, 1.54) is 5.56 Å². The van der Waals surface area contributed by atoms with E-state index in [1.54, 1.807) is 36.4 Å². The molecule has 0 amide bonds. The number of aromatic hydroxyl groups is 1. The van der Waals surface area contributed by atoms with Gasteiger partial charge < -0.3 is 14.6 Å². The molecule has 0 aromatic heterocycles. The minimum atomic E-state index is -0.185. The Labute approximate surface area is 200 Å². The molecule has 4 rings (SSSR count). The van der Waals surface area contributed by atoms with Crippen LogP contribution in [0.15, 0.2) is 97.1 Å². The second-order valence-corrected chi connectivity index (χ2v) is 8.73. The van der Waals surface area contributed by atoms with Gasteiger partial charge in [0.2, 0.25) is 0 Å². The average molecular weight is 450 g/mol. The molecule has 0 radical (unpaired) electrons. The van der Waals surface area contributed by atoms with Gasteiger partial charge in [-0.3, -0.25) is 0 Å². The zero-order valence-corrected chi connectivity index (χ0v) is 19.4. The molecular weight excluding hydrogens is 422 g/mol. The van der Waals surface area contributed by atoms with Crippen LogP contribution in [0.2, 0.25) is 0 Å².